The van der Waals surface area contributed by atoms with E-state index in [2.05, 4.69) is 6.92 Å². The SMILES string of the molecule is CCCCCC(CCCN(CCCCCCC(=O)O)C(C)=O)OC(=O)CC. The number of carbonyl (C=O) groups is 3. The van der Waals surface area contributed by atoms with Crippen molar-refractivity contribution in [2.24, 2.45) is 0 Å². The second-order valence-corrected chi connectivity index (χ2v) is 7.17. The summed E-state index contributed by atoms with van der Waals surface area (Å²) in [6.07, 6.45) is 9.81. The first-order chi connectivity index (χ1) is 12.9. The van der Waals surface area contributed by atoms with Crippen LogP contribution in [0.15, 0.2) is 0 Å². The fourth-order valence-corrected chi connectivity index (χ4v) is 3.02. The number of carboxylic acids is 1. The molecule has 0 spiro atoms. The molecule has 6 heteroatoms. The molecule has 0 saturated carbocycles. The average Bonchev–Trinajstić information content (AvgIpc) is 2.62. The summed E-state index contributed by atoms with van der Waals surface area (Å²) in [5.41, 5.74) is 0. The lowest BCUT2D eigenvalue weighted by Crippen LogP contribution is -2.31. The highest BCUT2D eigenvalue weighted by atomic mass is 16.5. The number of rotatable bonds is 17. The van der Waals surface area contributed by atoms with Crippen molar-refractivity contribution < 1.29 is 24.2 Å². The van der Waals surface area contributed by atoms with Crippen molar-refractivity contribution in [1.82, 2.24) is 4.90 Å². The van der Waals surface area contributed by atoms with E-state index in [9.17, 15) is 14.4 Å². The molecule has 158 valence electrons. The van der Waals surface area contributed by atoms with Crippen LogP contribution in [-0.2, 0) is 19.1 Å². The number of carbonyl (C=O) groups excluding carboxylic acids is 2. The Kier molecular flexibility index (Phi) is 15.6. The summed E-state index contributed by atoms with van der Waals surface area (Å²) >= 11 is 0. The Morgan fingerprint density at radius 2 is 1.52 bits per heavy atom. The topological polar surface area (TPSA) is 83.9 Å². The molecule has 1 atom stereocenters. The molecule has 1 amide bonds. The predicted molar refractivity (Wildman–Crippen MR) is 107 cm³/mol. The van der Waals surface area contributed by atoms with Gasteiger partial charge in [0.1, 0.15) is 6.10 Å². The molecule has 0 fully saturated rings. The van der Waals surface area contributed by atoms with E-state index in [-0.39, 0.29) is 24.4 Å². The lowest BCUT2D eigenvalue weighted by atomic mass is 10.1. The van der Waals surface area contributed by atoms with Crippen LogP contribution in [0.5, 0.6) is 0 Å². The van der Waals surface area contributed by atoms with Crippen LogP contribution < -0.4 is 0 Å². The number of amides is 1. The number of esters is 1. The quantitative estimate of drug-likeness (QED) is 0.293. The first-order valence-corrected chi connectivity index (χ1v) is 10.6. The van der Waals surface area contributed by atoms with Gasteiger partial charge in [0.15, 0.2) is 0 Å². The van der Waals surface area contributed by atoms with Gasteiger partial charge in [0.2, 0.25) is 5.91 Å². The fourth-order valence-electron chi connectivity index (χ4n) is 3.02. The van der Waals surface area contributed by atoms with Crippen LogP contribution in [-0.4, -0.2) is 47.0 Å². The Balaban J connectivity index is 4.17. The summed E-state index contributed by atoms with van der Waals surface area (Å²) in [6.45, 7) is 6.93. The number of nitrogens with zero attached hydrogens (tertiary/aromatic N) is 1. The minimum Gasteiger partial charge on any atom is -0.481 e. The van der Waals surface area contributed by atoms with Gasteiger partial charge in [0, 0.05) is 32.9 Å². The molecule has 0 aromatic rings. The summed E-state index contributed by atoms with van der Waals surface area (Å²) in [5, 5.41) is 8.63. The summed E-state index contributed by atoms with van der Waals surface area (Å²) in [6, 6.07) is 0. The van der Waals surface area contributed by atoms with Crippen LogP contribution >= 0.6 is 0 Å². The van der Waals surface area contributed by atoms with E-state index < -0.39 is 5.97 Å². The molecule has 0 aliphatic rings. The Bertz CT molecular complexity index is 425. The smallest absolute Gasteiger partial charge is 0.305 e. The first-order valence-electron chi connectivity index (χ1n) is 10.6. The largest absolute Gasteiger partial charge is 0.481 e. The zero-order chi connectivity index (χ0) is 20.5. The number of carboxylic acid groups (broad SMARTS) is 1. The van der Waals surface area contributed by atoms with Gasteiger partial charge in [-0.3, -0.25) is 14.4 Å². The molecule has 0 aliphatic heterocycles. The minimum atomic E-state index is -0.752. The van der Waals surface area contributed by atoms with Crippen molar-refractivity contribution in [2.45, 2.75) is 104 Å². The predicted octanol–water partition coefficient (Wildman–Crippen LogP) is 4.55. The summed E-state index contributed by atoms with van der Waals surface area (Å²) in [4.78, 5) is 35.8. The van der Waals surface area contributed by atoms with E-state index >= 15 is 0 Å². The van der Waals surface area contributed by atoms with Gasteiger partial charge in [-0.05, 0) is 38.5 Å². The highest BCUT2D eigenvalue weighted by Crippen LogP contribution is 2.14. The lowest BCUT2D eigenvalue weighted by Gasteiger charge is -2.23. The van der Waals surface area contributed by atoms with Gasteiger partial charge in [0.05, 0.1) is 0 Å². The van der Waals surface area contributed by atoms with Crippen molar-refractivity contribution >= 4 is 17.8 Å². The number of unbranched alkanes of at least 4 members (excludes halogenated alkanes) is 5. The van der Waals surface area contributed by atoms with Gasteiger partial charge in [-0.1, -0.05) is 39.5 Å². The minimum absolute atomic E-state index is 0.0474. The maximum absolute atomic E-state index is 11.8. The molecule has 0 rings (SSSR count). The van der Waals surface area contributed by atoms with Crippen LogP contribution in [0.25, 0.3) is 0 Å². The highest BCUT2D eigenvalue weighted by molar-refractivity contribution is 5.73. The Morgan fingerprint density at radius 1 is 0.889 bits per heavy atom. The molecule has 0 heterocycles. The standard InChI is InChI=1S/C21H39NO5/c1-4-6-9-13-19(27-21(26)5-2)14-12-17-22(18(3)23)16-11-8-7-10-15-20(24)25/h19H,4-17H2,1-3H3,(H,24,25). The molecule has 6 nitrogen and oxygen atoms in total. The van der Waals surface area contributed by atoms with Crippen molar-refractivity contribution in [3.8, 4) is 0 Å². The van der Waals surface area contributed by atoms with Crippen molar-refractivity contribution in [3.63, 3.8) is 0 Å². The molecule has 0 radical (unpaired) electrons. The third-order valence-electron chi connectivity index (χ3n) is 4.68. The summed E-state index contributed by atoms with van der Waals surface area (Å²) in [5.74, 6) is -0.840. The van der Waals surface area contributed by atoms with Gasteiger partial charge in [0.25, 0.3) is 0 Å². The van der Waals surface area contributed by atoms with Crippen LogP contribution in [0, 0.1) is 0 Å². The highest BCUT2D eigenvalue weighted by Gasteiger charge is 2.15. The van der Waals surface area contributed by atoms with Gasteiger partial charge < -0.3 is 14.7 Å². The summed E-state index contributed by atoms with van der Waals surface area (Å²) in [7, 11) is 0. The van der Waals surface area contributed by atoms with E-state index in [0.717, 1.165) is 57.8 Å². The number of aliphatic carboxylic acids is 1. The van der Waals surface area contributed by atoms with Gasteiger partial charge in [-0.15, -0.1) is 0 Å². The van der Waals surface area contributed by atoms with Crippen LogP contribution in [0.1, 0.15) is 97.8 Å². The van der Waals surface area contributed by atoms with E-state index in [1.807, 2.05) is 4.90 Å². The molecule has 0 saturated heterocycles. The first kappa shape index (κ1) is 25.4. The fraction of sp³-hybridized carbons (Fsp3) is 0.857. The van der Waals surface area contributed by atoms with Crippen LogP contribution in [0.3, 0.4) is 0 Å². The molecule has 0 aromatic heterocycles. The van der Waals surface area contributed by atoms with E-state index in [1.165, 1.54) is 0 Å². The van der Waals surface area contributed by atoms with E-state index in [0.29, 0.717) is 25.9 Å². The van der Waals surface area contributed by atoms with Gasteiger partial charge in [-0.2, -0.15) is 0 Å². The average molecular weight is 386 g/mol. The van der Waals surface area contributed by atoms with E-state index in [4.69, 9.17) is 9.84 Å². The Hall–Kier alpha value is -1.59. The molecule has 0 aliphatic carbocycles. The van der Waals surface area contributed by atoms with Crippen LogP contribution in [0.4, 0.5) is 0 Å². The molecular weight excluding hydrogens is 346 g/mol. The molecule has 1 N–H and O–H groups in total. The number of ether oxygens (including phenoxy) is 1. The number of hydrogen-bond acceptors (Lipinski definition) is 4. The lowest BCUT2D eigenvalue weighted by molar-refractivity contribution is -0.149. The van der Waals surface area contributed by atoms with Crippen molar-refractivity contribution in [1.29, 1.82) is 0 Å². The maximum atomic E-state index is 11.8. The molecule has 0 bridgehead atoms. The van der Waals surface area contributed by atoms with Crippen molar-refractivity contribution in [3.05, 3.63) is 0 Å². The summed E-state index contributed by atoms with van der Waals surface area (Å²) < 4.78 is 5.54. The molecule has 27 heavy (non-hydrogen) atoms. The normalized spacial score (nSPS) is 11.8. The zero-order valence-electron chi connectivity index (χ0n) is 17.5. The Labute approximate surface area is 164 Å². The monoisotopic (exact) mass is 385 g/mol. The second-order valence-electron chi connectivity index (χ2n) is 7.17. The maximum Gasteiger partial charge on any atom is 0.305 e. The third kappa shape index (κ3) is 15.2. The van der Waals surface area contributed by atoms with Crippen molar-refractivity contribution in [2.75, 3.05) is 13.1 Å². The molecule has 1 unspecified atom stereocenters. The zero-order valence-corrected chi connectivity index (χ0v) is 17.5. The molecule has 0 aromatic carbocycles. The third-order valence-corrected chi connectivity index (χ3v) is 4.68. The molecular formula is C21H39NO5. The Morgan fingerprint density at radius 3 is 2.11 bits per heavy atom. The number of hydrogen-bond donors (Lipinski definition) is 1. The second kappa shape index (κ2) is 16.6. The van der Waals surface area contributed by atoms with Crippen LogP contribution in [0.2, 0.25) is 0 Å². The van der Waals surface area contributed by atoms with E-state index in [1.54, 1.807) is 13.8 Å². The van der Waals surface area contributed by atoms with Gasteiger partial charge in [-0.25, -0.2) is 0 Å². The van der Waals surface area contributed by atoms with Gasteiger partial charge >= 0.3 is 11.9 Å².